The SMILES string of the molecule is CCOC(=O)C[C@H](N)c1cccc(-c2ccc(OC)cc2)c1. The van der Waals surface area contributed by atoms with Crippen LogP contribution in [0.2, 0.25) is 0 Å². The predicted molar refractivity (Wildman–Crippen MR) is 86.6 cm³/mol. The maximum Gasteiger partial charge on any atom is 0.307 e. The van der Waals surface area contributed by atoms with Gasteiger partial charge in [-0.2, -0.15) is 0 Å². The van der Waals surface area contributed by atoms with Crippen LogP contribution in [0.5, 0.6) is 5.75 Å². The number of hydrogen-bond donors (Lipinski definition) is 1. The fraction of sp³-hybridized carbons (Fsp3) is 0.278. The Morgan fingerprint density at radius 3 is 2.50 bits per heavy atom. The largest absolute Gasteiger partial charge is 0.497 e. The lowest BCUT2D eigenvalue weighted by Gasteiger charge is -2.13. The summed E-state index contributed by atoms with van der Waals surface area (Å²) in [5, 5.41) is 0. The zero-order valence-electron chi connectivity index (χ0n) is 12.9. The van der Waals surface area contributed by atoms with Crippen molar-refractivity contribution in [2.75, 3.05) is 13.7 Å². The van der Waals surface area contributed by atoms with Crippen LogP contribution in [0.3, 0.4) is 0 Å². The molecule has 116 valence electrons. The average molecular weight is 299 g/mol. The van der Waals surface area contributed by atoms with Crippen LogP contribution in [0.1, 0.15) is 24.9 Å². The van der Waals surface area contributed by atoms with Crippen LogP contribution in [0, 0.1) is 0 Å². The van der Waals surface area contributed by atoms with Crippen LogP contribution in [0.25, 0.3) is 11.1 Å². The number of carbonyl (C=O) groups excluding carboxylic acids is 1. The van der Waals surface area contributed by atoms with Crippen LogP contribution in [-0.4, -0.2) is 19.7 Å². The van der Waals surface area contributed by atoms with Crippen LogP contribution < -0.4 is 10.5 Å². The number of hydrogen-bond acceptors (Lipinski definition) is 4. The molecule has 0 saturated carbocycles. The third-order valence-electron chi connectivity index (χ3n) is 3.43. The molecular formula is C18H21NO3. The Morgan fingerprint density at radius 1 is 1.14 bits per heavy atom. The summed E-state index contributed by atoms with van der Waals surface area (Å²) < 4.78 is 10.1. The van der Waals surface area contributed by atoms with Gasteiger partial charge in [0.25, 0.3) is 0 Å². The van der Waals surface area contributed by atoms with Gasteiger partial charge in [0.15, 0.2) is 0 Å². The number of methoxy groups -OCH3 is 1. The molecule has 0 aliphatic carbocycles. The van der Waals surface area contributed by atoms with Crippen molar-refractivity contribution in [3.8, 4) is 16.9 Å². The quantitative estimate of drug-likeness (QED) is 0.831. The van der Waals surface area contributed by atoms with Gasteiger partial charge in [0.05, 0.1) is 20.1 Å². The van der Waals surface area contributed by atoms with Gasteiger partial charge >= 0.3 is 5.97 Å². The van der Waals surface area contributed by atoms with Crippen LogP contribution >= 0.6 is 0 Å². The Kier molecular flexibility index (Phi) is 5.55. The van der Waals surface area contributed by atoms with E-state index in [2.05, 4.69) is 0 Å². The van der Waals surface area contributed by atoms with Crippen molar-refractivity contribution in [2.24, 2.45) is 5.73 Å². The minimum absolute atomic E-state index is 0.180. The van der Waals surface area contributed by atoms with Crippen LogP contribution in [0.4, 0.5) is 0 Å². The highest BCUT2D eigenvalue weighted by Crippen LogP contribution is 2.25. The summed E-state index contributed by atoms with van der Waals surface area (Å²) in [6, 6.07) is 15.4. The van der Waals surface area contributed by atoms with E-state index in [1.165, 1.54) is 0 Å². The van der Waals surface area contributed by atoms with Gasteiger partial charge in [-0.15, -0.1) is 0 Å². The van der Waals surface area contributed by atoms with E-state index in [1.54, 1.807) is 14.0 Å². The summed E-state index contributed by atoms with van der Waals surface area (Å²) >= 11 is 0. The fourth-order valence-corrected chi connectivity index (χ4v) is 2.25. The van der Waals surface area contributed by atoms with E-state index in [0.717, 1.165) is 22.4 Å². The van der Waals surface area contributed by atoms with Crippen LogP contribution in [-0.2, 0) is 9.53 Å². The molecule has 0 saturated heterocycles. The Hall–Kier alpha value is -2.33. The summed E-state index contributed by atoms with van der Waals surface area (Å²) in [5.41, 5.74) is 9.15. The molecule has 0 aliphatic heterocycles. The van der Waals surface area contributed by atoms with Gasteiger partial charge in [-0.25, -0.2) is 0 Å². The van der Waals surface area contributed by atoms with Crippen molar-refractivity contribution in [1.82, 2.24) is 0 Å². The topological polar surface area (TPSA) is 61.5 Å². The van der Waals surface area contributed by atoms with Gasteiger partial charge < -0.3 is 15.2 Å². The molecule has 0 unspecified atom stereocenters. The highest BCUT2D eigenvalue weighted by Gasteiger charge is 2.13. The second-order valence-corrected chi connectivity index (χ2v) is 4.97. The van der Waals surface area contributed by atoms with E-state index in [0.29, 0.717) is 6.61 Å². The Balaban J connectivity index is 2.16. The summed E-state index contributed by atoms with van der Waals surface area (Å²) in [5.74, 6) is 0.545. The molecule has 0 heterocycles. The third-order valence-corrected chi connectivity index (χ3v) is 3.43. The van der Waals surface area contributed by atoms with E-state index < -0.39 is 0 Å². The molecule has 0 aromatic heterocycles. The zero-order chi connectivity index (χ0) is 15.9. The van der Waals surface area contributed by atoms with Gasteiger partial charge in [0, 0.05) is 6.04 Å². The minimum atomic E-state index is -0.364. The van der Waals surface area contributed by atoms with Gasteiger partial charge in [0.2, 0.25) is 0 Å². The molecule has 0 radical (unpaired) electrons. The summed E-state index contributed by atoms with van der Waals surface area (Å²) in [7, 11) is 1.64. The predicted octanol–water partition coefficient (Wildman–Crippen LogP) is 3.32. The summed E-state index contributed by atoms with van der Waals surface area (Å²) in [6.45, 7) is 2.16. The van der Waals surface area contributed by atoms with Gasteiger partial charge in [-0.3, -0.25) is 4.79 Å². The van der Waals surface area contributed by atoms with Crippen molar-refractivity contribution in [3.05, 3.63) is 54.1 Å². The van der Waals surface area contributed by atoms with E-state index in [9.17, 15) is 4.79 Å². The first kappa shape index (κ1) is 16.0. The molecule has 4 nitrogen and oxygen atoms in total. The molecule has 2 aromatic rings. The fourth-order valence-electron chi connectivity index (χ4n) is 2.25. The molecule has 2 rings (SSSR count). The molecule has 1 atom stereocenters. The monoisotopic (exact) mass is 299 g/mol. The lowest BCUT2D eigenvalue weighted by Crippen LogP contribution is -2.17. The Labute approximate surface area is 130 Å². The van der Waals surface area contributed by atoms with Crippen LogP contribution in [0.15, 0.2) is 48.5 Å². The molecule has 0 aliphatic rings. The molecular weight excluding hydrogens is 278 g/mol. The maximum atomic E-state index is 11.5. The van der Waals surface area contributed by atoms with Gasteiger partial charge in [-0.1, -0.05) is 30.3 Å². The van der Waals surface area contributed by atoms with E-state index >= 15 is 0 Å². The number of ether oxygens (including phenoxy) is 2. The van der Waals surface area contributed by atoms with E-state index in [1.807, 2.05) is 48.5 Å². The maximum absolute atomic E-state index is 11.5. The molecule has 4 heteroatoms. The molecule has 22 heavy (non-hydrogen) atoms. The normalized spacial score (nSPS) is 11.8. The standard InChI is InChI=1S/C18H21NO3/c1-3-22-18(20)12-17(19)15-6-4-5-14(11-15)13-7-9-16(21-2)10-8-13/h4-11,17H,3,12,19H2,1-2H3/t17-/m0/s1. The average Bonchev–Trinajstić information content (AvgIpc) is 2.55. The second-order valence-electron chi connectivity index (χ2n) is 4.97. The number of esters is 1. The van der Waals surface area contributed by atoms with E-state index in [4.69, 9.17) is 15.2 Å². The lowest BCUT2D eigenvalue weighted by atomic mass is 9.98. The molecule has 0 bridgehead atoms. The van der Waals surface area contributed by atoms with Crippen molar-refractivity contribution in [3.63, 3.8) is 0 Å². The van der Waals surface area contributed by atoms with E-state index in [-0.39, 0.29) is 18.4 Å². The zero-order valence-corrected chi connectivity index (χ0v) is 12.9. The first-order chi connectivity index (χ1) is 10.6. The molecule has 2 N–H and O–H groups in total. The molecule has 0 amide bonds. The smallest absolute Gasteiger partial charge is 0.307 e. The lowest BCUT2D eigenvalue weighted by molar-refractivity contribution is -0.143. The number of benzene rings is 2. The number of nitrogens with two attached hydrogens (primary N) is 1. The van der Waals surface area contributed by atoms with Gasteiger partial charge in [0.1, 0.15) is 5.75 Å². The highest BCUT2D eigenvalue weighted by atomic mass is 16.5. The first-order valence-corrected chi connectivity index (χ1v) is 7.29. The molecule has 0 fully saturated rings. The minimum Gasteiger partial charge on any atom is -0.497 e. The Bertz CT molecular complexity index is 622. The van der Waals surface area contributed by atoms with Crippen molar-refractivity contribution >= 4 is 5.97 Å². The number of carbonyl (C=O) groups is 1. The van der Waals surface area contributed by atoms with Crippen molar-refractivity contribution in [2.45, 2.75) is 19.4 Å². The Morgan fingerprint density at radius 2 is 1.86 bits per heavy atom. The highest BCUT2D eigenvalue weighted by molar-refractivity contribution is 5.71. The molecule has 2 aromatic carbocycles. The summed E-state index contributed by atoms with van der Waals surface area (Å²) in [4.78, 5) is 11.5. The van der Waals surface area contributed by atoms with Gasteiger partial charge in [-0.05, 0) is 41.8 Å². The summed E-state index contributed by atoms with van der Waals surface area (Å²) in [6.07, 6.45) is 0.180. The van der Waals surface area contributed by atoms with Crippen molar-refractivity contribution < 1.29 is 14.3 Å². The second kappa shape index (κ2) is 7.61. The first-order valence-electron chi connectivity index (χ1n) is 7.29. The molecule has 0 spiro atoms. The van der Waals surface area contributed by atoms with Crippen molar-refractivity contribution in [1.29, 1.82) is 0 Å². The third kappa shape index (κ3) is 4.09. The number of rotatable bonds is 6.